The number of nitrogens with one attached hydrogen (secondary N) is 3. The molecule has 0 aliphatic carbocycles. The zero-order chi connectivity index (χ0) is 20.6. The Balaban J connectivity index is 1.50. The minimum Gasteiger partial charge on any atom is -0.496 e. The molecule has 3 N–H and O–H groups in total. The number of carbonyl (C=O) groups excluding carboxylic acids is 1. The van der Waals surface area contributed by atoms with E-state index in [0.717, 1.165) is 10.0 Å². The van der Waals surface area contributed by atoms with Gasteiger partial charge in [-0.25, -0.2) is 10.5 Å². The van der Waals surface area contributed by atoms with Gasteiger partial charge in [-0.3, -0.25) is 4.79 Å². The molecule has 1 amide bonds. The molecular formula is C18H16BrClN6O2S. The zero-order valence-corrected chi connectivity index (χ0v) is 18.3. The molecule has 3 rings (SSSR count). The molecule has 0 saturated carbocycles. The van der Waals surface area contributed by atoms with E-state index in [2.05, 4.69) is 47.0 Å². The molecule has 0 unspecified atom stereocenters. The molecular weight excluding hydrogens is 480 g/mol. The molecule has 0 spiro atoms. The van der Waals surface area contributed by atoms with E-state index in [1.54, 1.807) is 37.6 Å². The van der Waals surface area contributed by atoms with E-state index >= 15 is 0 Å². The van der Waals surface area contributed by atoms with Crippen molar-refractivity contribution < 1.29 is 9.53 Å². The molecule has 0 radical (unpaired) electrons. The fourth-order valence-electron chi connectivity index (χ4n) is 2.22. The molecule has 0 saturated heterocycles. The SMILES string of the molecule is COc1ccc(Br)cc1/C=N\Nc1nc(SCC(=O)Nc2cccc(Cl)c2)n[nH]1. The second kappa shape index (κ2) is 10.3. The number of aromatic amines is 1. The number of aromatic nitrogens is 3. The summed E-state index contributed by atoms with van der Waals surface area (Å²) in [5.41, 5.74) is 4.19. The van der Waals surface area contributed by atoms with E-state index in [1.165, 1.54) is 11.8 Å². The molecule has 0 bridgehead atoms. The summed E-state index contributed by atoms with van der Waals surface area (Å²) >= 11 is 10.5. The molecule has 2 aromatic carbocycles. The van der Waals surface area contributed by atoms with Gasteiger partial charge >= 0.3 is 0 Å². The van der Waals surface area contributed by atoms with Crippen molar-refractivity contribution in [1.82, 2.24) is 15.2 Å². The van der Waals surface area contributed by atoms with Gasteiger partial charge in [-0.1, -0.05) is 45.4 Å². The number of benzene rings is 2. The third kappa shape index (κ3) is 6.48. The summed E-state index contributed by atoms with van der Waals surface area (Å²) in [6.45, 7) is 0. The van der Waals surface area contributed by atoms with E-state index in [9.17, 15) is 4.79 Å². The lowest BCUT2D eigenvalue weighted by atomic mass is 10.2. The monoisotopic (exact) mass is 494 g/mol. The van der Waals surface area contributed by atoms with Crippen LogP contribution in [0.3, 0.4) is 0 Å². The van der Waals surface area contributed by atoms with Crippen LogP contribution in [0.15, 0.2) is 57.2 Å². The van der Waals surface area contributed by atoms with E-state index in [4.69, 9.17) is 16.3 Å². The second-order valence-electron chi connectivity index (χ2n) is 5.57. The summed E-state index contributed by atoms with van der Waals surface area (Å²) in [6.07, 6.45) is 1.61. The minimum absolute atomic E-state index is 0.155. The van der Waals surface area contributed by atoms with Crippen molar-refractivity contribution in [1.29, 1.82) is 0 Å². The summed E-state index contributed by atoms with van der Waals surface area (Å²) in [7, 11) is 1.59. The highest BCUT2D eigenvalue weighted by Gasteiger charge is 2.08. The van der Waals surface area contributed by atoms with Crippen LogP contribution in [0.4, 0.5) is 11.6 Å². The van der Waals surface area contributed by atoms with Crippen molar-refractivity contribution in [2.75, 3.05) is 23.6 Å². The first-order chi connectivity index (χ1) is 14.0. The van der Waals surface area contributed by atoms with Crippen LogP contribution in [0.5, 0.6) is 5.75 Å². The maximum Gasteiger partial charge on any atom is 0.240 e. The van der Waals surface area contributed by atoms with Crippen molar-refractivity contribution in [3.63, 3.8) is 0 Å². The Morgan fingerprint density at radius 3 is 3.03 bits per heavy atom. The van der Waals surface area contributed by atoms with Gasteiger partial charge in [-0.05, 0) is 36.4 Å². The second-order valence-corrected chi connectivity index (χ2v) is 7.86. The molecule has 0 aliphatic rings. The van der Waals surface area contributed by atoms with Gasteiger partial charge in [-0.15, -0.1) is 5.10 Å². The van der Waals surface area contributed by atoms with Crippen LogP contribution in [-0.4, -0.2) is 40.2 Å². The molecule has 0 fully saturated rings. The molecule has 29 heavy (non-hydrogen) atoms. The fraction of sp³-hybridized carbons (Fsp3) is 0.111. The summed E-state index contributed by atoms with van der Waals surface area (Å²) in [6, 6.07) is 12.5. The van der Waals surface area contributed by atoms with Gasteiger partial charge in [-0.2, -0.15) is 10.1 Å². The molecule has 11 heteroatoms. The van der Waals surface area contributed by atoms with Crippen LogP contribution >= 0.6 is 39.3 Å². The van der Waals surface area contributed by atoms with Crippen LogP contribution in [0.2, 0.25) is 5.02 Å². The molecule has 1 aromatic heterocycles. The number of ether oxygens (including phenoxy) is 1. The van der Waals surface area contributed by atoms with Gasteiger partial charge in [0.2, 0.25) is 17.0 Å². The van der Waals surface area contributed by atoms with E-state index in [-0.39, 0.29) is 11.7 Å². The van der Waals surface area contributed by atoms with Gasteiger partial charge in [0.05, 0.1) is 19.1 Å². The number of anilines is 2. The Morgan fingerprint density at radius 2 is 2.24 bits per heavy atom. The number of methoxy groups -OCH3 is 1. The predicted molar refractivity (Wildman–Crippen MR) is 119 cm³/mol. The third-order valence-corrected chi connectivity index (χ3v) is 5.05. The standard InChI is InChI=1S/C18H16BrClN6O2S/c1-28-15-6-5-12(19)7-11(15)9-21-24-17-23-18(26-25-17)29-10-16(27)22-14-4-2-3-13(20)8-14/h2-9H,10H2,1H3,(H,22,27)(H2,23,24,25,26)/b21-9-. The lowest BCUT2D eigenvalue weighted by molar-refractivity contribution is -0.113. The molecule has 150 valence electrons. The molecule has 8 nitrogen and oxygen atoms in total. The number of hydrazone groups is 1. The first-order valence-corrected chi connectivity index (χ1v) is 10.4. The topological polar surface area (TPSA) is 104 Å². The average Bonchev–Trinajstić information content (AvgIpc) is 3.14. The minimum atomic E-state index is -0.184. The first kappa shape index (κ1) is 21.2. The first-order valence-electron chi connectivity index (χ1n) is 8.27. The van der Waals surface area contributed by atoms with E-state index < -0.39 is 0 Å². The number of rotatable bonds is 8. The average molecular weight is 496 g/mol. The molecule has 0 atom stereocenters. The number of halogens is 2. The highest BCUT2D eigenvalue weighted by atomic mass is 79.9. The summed E-state index contributed by atoms with van der Waals surface area (Å²) in [4.78, 5) is 16.2. The van der Waals surface area contributed by atoms with Crippen LogP contribution in [0, 0.1) is 0 Å². The van der Waals surface area contributed by atoms with Crippen LogP contribution in [0.1, 0.15) is 5.56 Å². The zero-order valence-electron chi connectivity index (χ0n) is 15.1. The van der Waals surface area contributed by atoms with Gasteiger partial charge in [0.25, 0.3) is 0 Å². The van der Waals surface area contributed by atoms with Crippen molar-refractivity contribution in [2.45, 2.75) is 5.16 Å². The molecule has 3 aromatic rings. The highest BCUT2D eigenvalue weighted by Crippen LogP contribution is 2.21. The van der Waals surface area contributed by atoms with Crippen molar-refractivity contribution in [2.24, 2.45) is 5.10 Å². The number of hydrogen-bond acceptors (Lipinski definition) is 7. The number of carbonyl (C=O) groups is 1. The van der Waals surface area contributed by atoms with Crippen LogP contribution in [0.25, 0.3) is 0 Å². The number of nitrogens with zero attached hydrogens (tertiary/aromatic N) is 3. The number of thioether (sulfide) groups is 1. The Labute approximate surface area is 184 Å². The molecule has 1 heterocycles. The quantitative estimate of drug-likeness (QED) is 0.243. The smallest absolute Gasteiger partial charge is 0.240 e. The Bertz CT molecular complexity index is 1030. The normalized spacial score (nSPS) is 10.9. The van der Waals surface area contributed by atoms with Crippen molar-refractivity contribution in [3.05, 3.63) is 57.5 Å². The molecule has 0 aliphatic heterocycles. The maximum atomic E-state index is 12.0. The Morgan fingerprint density at radius 1 is 1.38 bits per heavy atom. The van der Waals surface area contributed by atoms with Gasteiger partial charge in [0, 0.05) is 20.7 Å². The van der Waals surface area contributed by atoms with E-state index in [0.29, 0.717) is 27.6 Å². The van der Waals surface area contributed by atoms with E-state index in [1.807, 2.05) is 18.2 Å². The van der Waals surface area contributed by atoms with Crippen molar-refractivity contribution >= 4 is 63.1 Å². The van der Waals surface area contributed by atoms with Gasteiger partial charge in [0.1, 0.15) is 5.75 Å². The number of amides is 1. The van der Waals surface area contributed by atoms with Crippen LogP contribution < -0.4 is 15.5 Å². The lowest BCUT2D eigenvalue weighted by Crippen LogP contribution is -2.14. The Kier molecular flexibility index (Phi) is 7.50. The largest absolute Gasteiger partial charge is 0.496 e. The summed E-state index contributed by atoms with van der Waals surface area (Å²) in [5.74, 6) is 1.02. The van der Waals surface area contributed by atoms with Crippen LogP contribution in [-0.2, 0) is 4.79 Å². The van der Waals surface area contributed by atoms with Crippen molar-refractivity contribution in [3.8, 4) is 5.75 Å². The lowest BCUT2D eigenvalue weighted by Gasteiger charge is -2.04. The summed E-state index contributed by atoms with van der Waals surface area (Å²) in [5, 5.41) is 14.6. The number of H-pyrrole nitrogens is 1. The number of hydrogen-bond donors (Lipinski definition) is 3. The Hall–Kier alpha value is -2.56. The highest BCUT2D eigenvalue weighted by molar-refractivity contribution is 9.10. The predicted octanol–water partition coefficient (Wildman–Crippen LogP) is 4.41. The van der Waals surface area contributed by atoms with Gasteiger partial charge < -0.3 is 10.1 Å². The maximum absolute atomic E-state index is 12.0. The summed E-state index contributed by atoms with van der Waals surface area (Å²) < 4.78 is 6.20. The van der Waals surface area contributed by atoms with Gasteiger partial charge in [0.15, 0.2) is 0 Å². The third-order valence-electron chi connectivity index (χ3n) is 3.47. The fourth-order valence-corrected chi connectivity index (χ4v) is 3.39.